The minimum absolute atomic E-state index is 0.208. The van der Waals surface area contributed by atoms with Crippen LogP contribution in [0.15, 0.2) is 54.5 Å². The molecular formula is C34H51N9O2. The van der Waals surface area contributed by atoms with Gasteiger partial charge in [-0.15, -0.1) is 0 Å². The van der Waals surface area contributed by atoms with Crippen molar-refractivity contribution in [1.82, 2.24) is 30.3 Å². The summed E-state index contributed by atoms with van der Waals surface area (Å²) in [7, 11) is 3.98. The van der Waals surface area contributed by atoms with Crippen LogP contribution in [0.5, 0.6) is 5.75 Å². The molecule has 11 heteroatoms. The van der Waals surface area contributed by atoms with Gasteiger partial charge < -0.3 is 30.6 Å². The Bertz CT molecular complexity index is 1460. The first-order valence-electron chi connectivity index (χ1n) is 16.0. The van der Waals surface area contributed by atoms with E-state index in [9.17, 15) is 4.79 Å². The summed E-state index contributed by atoms with van der Waals surface area (Å²) in [5.74, 6) is 1.40. The quantitative estimate of drug-likeness (QED) is 0.174. The van der Waals surface area contributed by atoms with Gasteiger partial charge in [-0.2, -0.15) is 0 Å². The molecule has 2 aromatic rings. The van der Waals surface area contributed by atoms with E-state index in [2.05, 4.69) is 32.7 Å². The van der Waals surface area contributed by atoms with Crippen molar-refractivity contribution in [2.45, 2.75) is 78.0 Å². The number of nitrogens with one attached hydrogen (secondary N) is 6. The van der Waals surface area contributed by atoms with Gasteiger partial charge in [-0.1, -0.05) is 45.0 Å². The van der Waals surface area contributed by atoms with Crippen LogP contribution in [0, 0.1) is 21.6 Å². The first kappa shape index (κ1) is 33.8. The number of hydrogen-bond acceptors (Lipinski definition) is 7. The SMILES string of the molecule is C[C@H]1CCCCN1C(=N)n1cc(O[C@@H]2CC[C@H](NC(=O)N/C(=C/C(=N)C(C)(C)C)NCCN(C)C)c3ccccc32)ccc1=N. The topological polar surface area (TPSA) is 145 Å². The van der Waals surface area contributed by atoms with E-state index < -0.39 is 0 Å². The van der Waals surface area contributed by atoms with Gasteiger partial charge in [-0.3, -0.25) is 20.7 Å². The van der Waals surface area contributed by atoms with Gasteiger partial charge in [0.15, 0.2) is 0 Å². The second kappa shape index (κ2) is 14.8. The molecule has 2 aliphatic rings. The first-order valence-corrected chi connectivity index (χ1v) is 16.0. The third-order valence-electron chi connectivity index (χ3n) is 8.46. The number of aromatic nitrogens is 1. The molecule has 0 unspecified atom stereocenters. The smallest absolute Gasteiger partial charge is 0.320 e. The van der Waals surface area contributed by atoms with Crippen LogP contribution in [0.4, 0.5) is 4.79 Å². The maximum absolute atomic E-state index is 13.3. The van der Waals surface area contributed by atoms with Crippen molar-refractivity contribution in [3.05, 3.63) is 71.1 Å². The predicted octanol–water partition coefficient (Wildman–Crippen LogP) is 4.94. The number of benzene rings is 1. The van der Waals surface area contributed by atoms with E-state index in [4.69, 9.17) is 21.0 Å². The fraction of sp³-hybridized carbons (Fsp3) is 0.529. The molecule has 0 saturated carbocycles. The molecule has 4 rings (SSSR count). The number of rotatable bonds is 9. The van der Waals surface area contributed by atoms with Gasteiger partial charge in [0.05, 0.1) is 12.2 Å². The van der Waals surface area contributed by atoms with Crippen LogP contribution in [0.1, 0.15) is 83.1 Å². The second-order valence-corrected chi connectivity index (χ2v) is 13.4. The van der Waals surface area contributed by atoms with Crippen molar-refractivity contribution in [2.75, 3.05) is 33.7 Å². The number of ether oxygens (including phenoxy) is 1. The summed E-state index contributed by atoms with van der Waals surface area (Å²) in [6.45, 7) is 10.3. The Labute approximate surface area is 267 Å². The molecule has 1 aliphatic heterocycles. The second-order valence-electron chi connectivity index (χ2n) is 13.4. The fourth-order valence-corrected chi connectivity index (χ4v) is 5.69. The number of carbonyl (C=O) groups excluding carboxylic acids is 1. The monoisotopic (exact) mass is 617 g/mol. The van der Waals surface area contributed by atoms with Crippen LogP contribution in [0.3, 0.4) is 0 Å². The van der Waals surface area contributed by atoms with Crippen LogP contribution in [0.25, 0.3) is 0 Å². The van der Waals surface area contributed by atoms with Crippen molar-refractivity contribution in [3.63, 3.8) is 0 Å². The Morgan fingerprint density at radius 3 is 2.49 bits per heavy atom. The average Bonchev–Trinajstić information content (AvgIpc) is 2.98. The largest absolute Gasteiger partial charge is 0.484 e. The van der Waals surface area contributed by atoms with E-state index in [1.54, 1.807) is 29.0 Å². The van der Waals surface area contributed by atoms with Gasteiger partial charge in [-0.25, -0.2) is 4.79 Å². The number of carbonyl (C=O) groups is 1. The molecule has 45 heavy (non-hydrogen) atoms. The van der Waals surface area contributed by atoms with Gasteiger partial charge in [0.2, 0.25) is 5.96 Å². The Kier molecular flexibility index (Phi) is 11.1. The maximum Gasteiger partial charge on any atom is 0.320 e. The highest BCUT2D eigenvalue weighted by Crippen LogP contribution is 2.38. The summed E-state index contributed by atoms with van der Waals surface area (Å²) in [5, 5.41) is 35.1. The highest BCUT2D eigenvalue weighted by Gasteiger charge is 2.30. The van der Waals surface area contributed by atoms with E-state index in [0.717, 1.165) is 37.1 Å². The number of allylic oxidation sites excluding steroid dienone is 1. The zero-order valence-electron chi connectivity index (χ0n) is 27.7. The third-order valence-corrected chi connectivity index (χ3v) is 8.46. The van der Waals surface area contributed by atoms with Gasteiger partial charge in [-0.05, 0) is 82.5 Å². The van der Waals surface area contributed by atoms with Crippen molar-refractivity contribution in [2.24, 2.45) is 5.41 Å². The highest BCUT2D eigenvalue weighted by atomic mass is 16.5. The fourth-order valence-electron chi connectivity index (χ4n) is 5.69. The lowest BCUT2D eigenvalue weighted by molar-refractivity contribution is 0.170. The molecule has 1 aromatic carbocycles. The average molecular weight is 618 g/mol. The van der Waals surface area contributed by atoms with Crippen molar-refractivity contribution in [1.29, 1.82) is 16.2 Å². The lowest BCUT2D eigenvalue weighted by Crippen LogP contribution is -2.47. The molecule has 1 fully saturated rings. The number of piperidine rings is 1. The molecule has 3 atom stereocenters. The minimum atomic E-state index is -0.351. The van der Waals surface area contributed by atoms with Crippen molar-refractivity contribution in [3.8, 4) is 5.75 Å². The molecule has 0 spiro atoms. The number of pyridine rings is 1. The van der Waals surface area contributed by atoms with Gasteiger partial charge in [0, 0.05) is 36.8 Å². The van der Waals surface area contributed by atoms with Crippen LogP contribution >= 0.6 is 0 Å². The Hall–Kier alpha value is -4.12. The van der Waals surface area contributed by atoms with E-state index in [1.165, 1.54) is 6.42 Å². The summed E-state index contributed by atoms with van der Waals surface area (Å²) < 4.78 is 8.10. The number of nitrogens with zero attached hydrogens (tertiary/aromatic N) is 3. The molecule has 2 heterocycles. The summed E-state index contributed by atoms with van der Waals surface area (Å²) in [6.07, 6.45) is 7.83. The van der Waals surface area contributed by atoms with E-state index in [0.29, 0.717) is 42.6 Å². The van der Waals surface area contributed by atoms with Gasteiger partial charge in [0.25, 0.3) is 0 Å². The molecule has 0 radical (unpaired) electrons. The maximum atomic E-state index is 13.3. The molecule has 1 aliphatic carbocycles. The standard InChI is InChI=1S/C34H51N9O2/c1-23-11-9-10-19-42(23)32(37)43-22-24(14-17-30(43)36)45-28-16-15-27(25-12-7-8-13-26(25)28)39-33(44)40-31(38-18-20-41(5)6)21-29(35)34(2,3)4/h7-8,12-14,17,21-23,27-28,35-38H,9-11,15-16,18-20H2,1-6H3,(H2,39,40,44)/b31-21+,35-29?,36-30?,37-32?/t23-,27-,28+/m0/s1. The van der Waals surface area contributed by atoms with Crippen molar-refractivity contribution < 1.29 is 9.53 Å². The molecule has 2 amide bonds. The molecule has 1 aromatic heterocycles. The first-order chi connectivity index (χ1) is 21.3. The Balaban J connectivity index is 1.47. The number of fused-ring (bicyclic) bond motifs is 1. The molecule has 0 bridgehead atoms. The third kappa shape index (κ3) is 8.97. The Morgan fingerprint density at radius 2 is 1.80 bits per heavy atom. The number of urea groups is 1. The summed E-state index contributed by atoms with van der Waals surface area (Å²) in [5.41, 5.74) is 2.31. The number of amides is 2. The van der Waals surface area contributed by atoms with Gasteiger partial charge in [0.1, 0.15) is 23.2 Å². The number of likely N-dealkylation sites (tertiary alicyclic amines) is 1. The molecular weight excluding hydrogens is 566 g/mol. The molecule has 6 N–H and O–H groups in total. The molecule has 244 valence electrons. The van der Waals surface area contributed by atoms with E-state index in [1.807, 2.05) is 59.1 Å². The van der Waals surface area contributed by atoms with Crippen molar-refractivity contribution >= 4 is 17.7 Å². The lowest BCUT2D eigenvalue weighted by Gasteiger charge is -2.36. The Morgan fingerprint density at radius 1 is 1.07 bits per heavy atom. The van der Waals surface area contributed by atoms with Gasteiger partial charge >= 0.3 is 6.03 Å². The summed E-state index contributed by atoms with van der Waals surface area (Å²) in [6, 6.07) is 11.2. The zero-order chi connectivity index (χ0) is 32.7. The van der Waals surface area contributed by atoms with E-state index >= 15 is 0 Å². The lowest BCUT2D eigenvalue weighted by atomic mass is 9.85. The van der Waals surface area contributed by atoms with Crippen LogP contribution < -0.4 is 26.2 Å². The van der Waals surface area contributed by atoms with Crippen LogP contribution in [-0.4, -0.2) is 71.8 Å². The minimum Gasteiger partial charge on any atom is -0.484 e. The van der Waals surface area contributed by atoms with Crippen LogP contribution in [0.2, 0.25) is 0 Å². The number of likely N-dealkylation sites (N-methyl/N-ethyl adjacent to an activating group) is 1. The normalized spacial score (nSPS) is 20.3. The van der Waals surface area contributed by atoms with E-state index in [-0.39, 0.29) is 35.1 Å². The summed E-state index contributed by atoms with van der Waals surface area (Å²) in [4.78, 5) is 17.4. The molecule has 1 saturated heterocycles. The zero-order valence-corrected chi connectivity index (χ0v) is 27.7. The molecule has 11 nitrogen and oxygen atoms in total. The predicted molar refractivity (Wildman–Crippen MR) is 179 cm³/mol. The van der Waals surface area contributed by atoms with Crippen LogP contribution in [-0.2, 0) is 0 Å². The highest BCUT2D eigenvalue weighted by molar-refractivity contribution is 5.97. The summed E-state index contributed by atoms with van der Waals surface area (Å²) >= 11 is 0. The number of hydrogen-bond donors (Lipinski definition) is 6.